The lowest BCUT2D eigenvalue weighted by Crippen LogP contribution is -2.40. The van der Waals surface area contributed by atoms with Crippen LogP contribution >= 0.6 is 11.6 Å². The molecule has 1 aliphatic rings. The highest BCUT2D eigenvalue weighted by Crippen LogP contribution is 2.22. The summed E-state index contributed by atoms with van der Waals surface area (Å²) in [7, 11) is 0. The van der Waals surface area contributed by atoms with Gasteiger partial charge in [-0.1, -0.05) is 41.9 Å². The average molecular weight is 411 g/mol. The molecule has 1 amide bonds. The van der Waals surface area contributed by atoms with Gasteiger partial charge in [0.1, 0.15) is 11.6 Å². The molecule has 29 heavy (non-hydrogen) atoms. The summed E-state index contributed by atoms with van der Waals surface area (Å²) >= 11 is 6.26. The largest absolute Gasteiger partial charge is 0.493 e. The number of rotatable bonds is 5. The molecule has 0 radical (unpaired) electrons. The van der Waals surface area contributed by atoms with E-state index < -0.39 is 0 Å². The molecule has 0 aliphatic carbocycles. The molecule has 0 spiro atoms. The van der Waals surface area contributed by atoms with E-state index in [9.17, 15) is 4.79 Å². The first-order valence-corrected chi connectivity index (χ1v) is 10.2. The van der Waals surface area contributed by atoms with Gasteiger partial charge in [-0.05, 0) is 49.9 Å². The van der Waals surface area contributed by atoms with E-state index in [1.165, 1.54) is 0 Å². The average Bonchev–Trinajstić information content (AvgIpc) is 3.14. The number of hydrogen-bond acceptors (Lipinski definition) is 4. The van der Waals surface area contributed by atoms with Gasteiger partial charge in [-0.25, -0.2) is 9.67 Å². The van der Waals surface area contributed by atoms with Crippen LogP contribution in [0, 0.1) is 12.8 Å². The number of piperidine rings is 1. The molecular formula is C22H23ClN4O2. The van der Waals surface area contributed by atoms with Crippen LogP contribution in [0.15, 0.2) is 54.6 Å². The van der Waals surface area contributed by atoms with Gasteiger partial charge in [0.05, 0.1) is 17.3 Å². The second kappa shape index (κ2) is 8.66. The molecule has 0 saturated carbocycles. The van der Waals surface area contributed by atoms with E-state index in [1.807, 2.05) is 60.4 Å². The zero-order valence-corrected chi connectivity index (χ0v) is 17.0. The molecule has 2 aromatic carbocycles. The van der Waals surface area contributed by atoms with E-state index in [1.54, 1.807) is 10.7 Å². The summed E-state index contributed by atoms with van der Waals surface area (Å²) < 4.78 is 7.48. The lowest BCUT2D eigenvalue weighted by molar-refractivity contribution is 0.0649. The maximum absolute atomic E-state index is 12.9. The number of halogens is 1. The van der Waals surface area contributed by atoms with Crippen LogP contribution in [0.2, 0.25) is 5.02 Å². The fourth-order valence-corrected chi connectivity index (χ4v) is 3.72. The summed E-state index contributed by atoms with van der Waals surface area (Å²) in [6.07, 6.45) is 1.81. The van der Waals surface area contributed by atoms with Crippen LogP contribution in [0.5, 0.6) is 5.75 Å². The number of ether oxygens (including phenoxy) is 1. The topological polar surface area (TPSA) is 60.3 Å². The van der Waals surface area contributed by atoms with Crippen molar-refractivity contribution >= 4 is 17.5 Å². The van der Waals surface area contributed by atoms with Crippen LogP contribution in [0.1, 0.15) is 29.3 Å². The minimum atomic E-state index is -0.138. The number of amides is 1. The normalized spacial score (nSPS) is 14.8. The fraction of sp³-hybridized carbons (Fsp3) is 0.318. The third-order valence-electron chi connectivity index (χ3n) is 5.17. The summed E-state index contributed by atoms with van der Waals surface area (Å²) in [5.74, 6) is 2.03. The standard InChI is InChI=1S/C22H23ClN4O2/c1-16-24-21(25-27(16)20-10-6-5-9-19(20)23)22(28)26-13-11-17(12-14-26)15-29-18-7-3-2-4-8-18/h2-10,17H,11-15H2,1H3. The maximum atomic E-state index is 12.9. The van der Waals surface area contributed by atoms with E-state index in [0.29, 0.717) is 36.5 Å². The molecule has 4 rings (SSSR count). The molecule has 0 N–H and O–H groups in total. The first-order chi connectivity index (χ1) is 14.1. The Hall–Kier alpha value is -2.86. The van der Waals surface area contributed by atoms with Crippen molar-refractivity contribution in [2.45, 2.75) is 19.8 Å². The molecule has 3 aromatic rings. The number of aromatic nitrogens is 3. The molecule has 0 atom stereocenters. The second-order valence-corrected chi connectivity index (χ2v) is 7.61. The number of aryl methyl sites for hydroxylation is 1. The molecule has 7 heteroatoms. The van der Waals surface area contributed by atoms with Crippen molar-refractivity contribution < 1.29 is 9.53 Å². The predicted molar refractivity (Wildman–Crippen MR) is 112 cm³/mol. The van der Waals surface area contributed by atoms with Crippen molar-refractivity contribution in [3.05, 3.63) is 71.3 Å². The van der Waals surface area contributed by atoms with Crippen molar-refractivity contribution in [1.82, 2.24) is 19.7 Å². The molecule has 1 aliphatic heterocycles. The number of benzene rings is 2. The van der Waals surface area contributed by atoms with Crippen molar-refractivity contribution in [1.29, 1.82) is 0 Å². The van der Waals surface area contributed by atoms with E-state index in [4.69, 9.17) is 16.3 Å². The first kappa shape index (κ1) is 19.5. The minimum absolute atomic E-state index is 0.138. The smallest absolute Gasteiger partial charge is 0.293 e. The van der Waals surface area contributed by atoms with Gasteiger partial charge in [-0.3, -0.25) is 4.79 Å². The Kier molecular flexibility index (Phi) is 5.81. The molecule has 2 heterocycles. The van der Waals surface area contributed by atoms with Crippen LogP contribution in [-0.4, -0.2) is 45.3 Å². The van der Waals surface area contributed by atoms with E-state index in [-0.39, 0.29) is 11.7 Å². The third kappa shape index (κ3) is 4.43. The summed E-state index contributed by atoms with van der Waals surface area (Å²) in [6, 6.07) is 17.2. The monoisotopic (exact) mass is 410 g/mol. The number of para-hydroxylation sites is 2. The van der Waals surface area contributed by atoms with Gasteiger partial charge >= 0.3 is 0 Å². The zero-order valence-electron chi connectivity index (χ0n) is 16.3. The highest BCUT2D eigenvalue weighted by molar-refractivity contribution is 6.32. The minimum Gasteiger partial charge on any atom is -0.493 e. The second-order valence-electron chi connectivity index (χ2n) is 7.21. The van der Waals surface area contributed by atoms with E-state index in [2.05, 4.69) is 10.1 Å². The molecule has 6 nitrogen and oxygen atoms in total. The fourth-order valence-electron chi connectivity index (χ4n) is 3.51. The van der Waals surface area contributed by atoms with E-state index in [0.717, 1.165) is 24.3 Å². The molecule has 1 saturated heterocycles. The number of carbonyl (C=O) groups excluding carboxylic acids is 1. The van der Waals surface area contributed by atoms with Crippen molar-refractivity contribution in [3.8, 4) is 11.4 Å². The number of nitrogens with zero attached hydrogens (tertiary/aromatic N) is 4. The van der Waals surface area contributed by atoms with Crippen molar-refractivity contribution in [2.24, 2.45) is 5.92 Å². The van der Waals surface area contributed by atoms with Gasteiger partial charge in [0.15, 0.2) is 0 Å². The number of hydrogen-bond donors (Lipinski definition) is 0. The summed E-state index contributed by atoms with van der Waals surface area (Å²) in [5.41, 5.74) is 0.718. The third-order valence-corrected chi connectivity index (χ3v) is 5.49. The van der Waals surface area contributed by atoms with Crippen LogP contribution < -0.4 is 4.74 Å². The van der Waals surface area contributed by atoms with Gasteiger partial charge in [0.2, 0.25) is 5.82 Å². The SMILES string of the molecule is Cc1nc(C(=O)N2CCC(COc3ccccc3)CC2)nn1-c1ccccc1Cl. The highest BCUT2D eigenvalue weighted by Gasteiger charge is 2.27. The van der Waals surface area contributed by atoms with Crippen LogP contribution in [0.25, 0.3) is 5.69 Å². The molecule has 150 valence electrons. The molecule has 1 fully saturated rings. The first-order valence-electron chi connectivity index (χ1n) is 9.77. The lowest BCUT2D eigenvalue weighted by atomic mass is 9.98. The van der Waals surface area contributed by atoms with Gasteiger partial charge in [0.25, 0.3) is 5.91 Å². The maximum Gasteiger partial charge on any atom is 0.293 e. The Balaban J connectivity index is 1.36. The number of likely N-dealkylation sites (tertiary alicyclic amines) is 1. The number of carbonyl (C=O) groups is 1. The quantitative estimate of drug-likeness (QED) is 0.633. The van der Waals surface area contributed by atoms with Gasteiger partial charge in [-0.2, -0.15) is 0 Å². The predicted octanol–water partition coefficient (Wildman–Crippen LogP) is 4.16. The molecule has 0 unspecified atom stereocenters. The summed E-state index contributed by atoms with van der Waals surface area (Å²) in [6.45, 7) is 3.85. The Bertz CT molecular complexity index is 981. The lowest BCUT2D eigenvalue weighted by Gasteiger charge is -2.31. The Morgan fingerprint density at radius 2 is 1.79 bits per heavy atom. The Labute approximate surface area is 175 Å². The summed E-state index contributed by atoms with van der Waals surface area (Å²) in [5, 5.41) is 4.98. The van der Waals surface area contributed by atoms with Crippen LogP contribution in [0.3, 0.4) is 0 Å². The van der Waals surface area contributed by atoms with Gasteiger partial charge in [-0.15, -0.1) is 5.10 Å². The summed E-state index contributed by atoms with van der Waals surface area (Å²) in [4.78, 5) is 19.1. The van der Waals surface area contributed by atoms with Gasteiger partial charge < -0.3 is 9.64 Å². The van der Waals surface area contributed by atoms with Crippen molar-refractivity contribution in [2.75, 3.05) is 19.7 Å². The zero-order chi connectivity index (χ0) is 20.2. The Morgan fingerprint density at radius 3 is 2.52 bits per heavy atom. The molecule has 1 aromatic heterocycles. The van der Waals surface area contributed by atoms with E-state index >= 15 is 0 Å². The van der Waals surface area contributed by atoms with Crippen LogP contribution in [-0.2, 0) is 0 Å². The molecule has 0 bridgehead atoms. The van der Waals surface area contributed by atoms with Crippen molar-refractivity contribution in [3.63, 3.8) is 0 Å². The Morgan fingerprint density at radius 1 is 1.10 bits per heavy atom. The molecular weight excluding hydrogens is 388 g/mol. The van der Waals surface area contributed by atoms with Crippen LogP contribution in [0.4, 0.5) is 0 Å². The van der Waals surface area contributed by atoms with Gasteiger partial charge in [0, 0.05) is 13.1 Å². The highest BCUT2D eigenvalue weighted by atomic mass is 35.5.